The molecule has 11 nitrogen and oxygen atoms in total. The van der Waals surface area contributed by atoms with Crippen molar-refractivity contribution in [2.45, 2.75) is 84.0 Å². The Hall–Kier alpha value is -2.69. The minimum absolute atomic E-state index is 0.254. The van der Waals surface area contributed by atoms with Gasteiger partial charge in [0.2, 0.25) is 12.2 Å². The van der Waals surface area contributed by atoms with Crippen molar-refractivity contribution in [3.8, 4) is 0 Å². The first-order valence-electron chi connectivity index (χ1n) is 10.2. The second kappa shape index (κ2) is 11.1. The normalized spacial score (nSPS) is 27.9. The minimum atomic E-state index is -1.36. The van der Waals surface area contributed by atoms with Crippen LogP contribution in [-0.2, 0) is 47.7 Å². The van der Waals surface area contributed by atoms with Gasteiger partial charge in [-0.05, 0) is 18.8 Å². The molecule has 0 aromatic rings. The van der Waals surface area contributed by atoms with E-state index in [1.165, 1.54) is 6.92 Å². The Kier molecular flexibility index (Phi) is 8.78. The van der Waals surface area contributed by atoms with Gasteiger partial charge in [-0.25, -0.2) is 0 Å². The smallest absolute Gasteiger partial charge is 0.305 e. The van der Waals surface area contributed by atoms with Gasteiger partial charge < -0.3 is 29.0 Å². The van der Waals surface area contributed by atoms with Gasteiger partial charge in [0, 0.05) is 34.1 Å². The van der Waals surface area contributed by atoms with Crippen LogP contribution in [0.4, 0.5) is 0 Å². The summed E-state index contributed by atoms with van der Waals surface area (Å²) in [6.45, 7) is 4.27. The minimum Gasteiger partial charge on any atom is -0.463 e. The van der Waals surface area contributed by atoms with E-state index in [2.05, 4.69) is 5.32 Å². The van der Waals surface area contributed by atoms with Crippen molar-refractivity contribution in [1.82, 2.24) is 5.32 Å². The fourth-order valence-corrected chi connectivity index (χ4v) is 3.52. The molecule has 5 atom stereocenters. The second-order valence-electron chi connectivity index (χ2n) is 7.70. The van der Waals surface area contributed by atoms with E-state index in [4.69, 9.17) is 23.7 Å². The van der Waals surface area contributed by atoms with Gasteiger partial charge in [-0.2, -0.15) is 0 Å². The van der Waals surface area contributed by atoms with Gasteiger partial charge in [0.25, 0.3) is 0 Å². The van der Waals surface area contributed by atoms with Crippen LogP contribution >= 0.6 is 0 Å². The number of esters is 4. The van der Waals surface area contributed by atoms with Gasteiger partial charge in [0.15, 0.2) is 12.2 Å². The van der Waals surface area contributed by atoms with Crippen LogP contribution in [-0.4, -0.2) is 67.0 Å². The van der Waals surface area contributed by atoms with Crippen molar-refractivity contribution in [3.05, 3.63) is 0 Å². The molecule has 2 aliphatic rings. The third-order valence-electron chi connectivity index (χ3n) is 5.01. The summed E-state index contributed by atoms with van der Waals surface area (Å²) in [5.41, 5.74) is 0. The van der Waals surface area contributed by atoms with Crippen molar-refractivity contribution >= 4 is 29.8 Å². The van der Waals surface area contributed by atoms with Gasteiger partial charge in [-0.1, -0.05) is 6.42 Å². The lowest BCUT2D eigenvalue weighted by molar-refractivity contribution is -0.271. The average molecular weight is 443 g/mol. The summed E-state index contributed by atoms with van der Waals surface area (Å²) in [4.78, 5) is 59.0. The van der Waals surface area contributed by atoms with E-state index in [1.807, 2.05) is 0 Å². The monoisotopic (exact) mass is 443 g/mol. The topological polar surface area (TPSA) is 144 Å². The predicted octanol–water partition coefficient (Wildman–Crippen LogP) is 0.376. The maximum Gasteiger partial charge on any atom is 0.305 e. The summed E-state index contributed by atoms with van der Waals surface area (Å²) in [5.74, 6) is -2.83. The van der Waals surface area contributed by atoms with E-state index < -0.39 is 54.5 Å². The molecule has 1 amide bonds. The molecule has 0 spiro atoms. The van der Waals surface area contributed by atoms with E-state index in [0.29, 0.717) is 0 Å². The van der Waals surface area contributed by atoms with Crippen LogP contribution in [0.3, 0.4) is 0 Å². The lowest BCUT2D eigenvalue weighted by Gasteiger charge is -2.44. The molecule has 1 saturated heterocycles. The molecule has 2 rings (SSSR count). The summed E-state index contributed by atoms with van der Waals surface area (Å²) in [6, 6.07) is -1.14. The van der Waals surface area contributed by atoms with E-state index in [9.17, 15) is 24.0 Å². The van der Waals surface area contributed by atoms with Gasteiger partial charge in [0.05, 0.1) is 0 Å². The zero-order valence-electron chi connectivity index (χ0n) is 18.1. The van der Waals surface area contributed by atoms with Gasteiger partial charge in [0.1, 0.15) is 18.8 Å². The number of carbonyl (C=O) groups is 5. The molecule has 1 unspecified atom stereocenters. The van der Waals surface area contributed by atoms with Crippen molar-refractivity contribution in [1.29, 1.82) is 0 Å². The Morgan fingerprint density at radius 2 is 1.42 bits per heavy atom. The van der Waals surface area contributed by atoms with Crippen molar-refractivity contribution < 1.29 is 47.7 Å². The Morgan fingerprint density at radius 1 is 0.839 bits per heavy atom. The summed E-state index contributed by atoms with van der Waals surface area (Å²) >= 11 is 0. The van der Waals surface area contributed by atoms with Crippen LogP contribution in [0.25, 0.3) is 0 Å². The van der Waals surface area contributed by atoms with Crippen LogP contribution in [0.1, 0.15) is 53.4 Å². The van der Waals surface area contributed by atoms with Crippen LogP contribution in [0.2, 0.25) is 0 Å². The molecule has 31 heavy (non-hydrogen) atoms. The predicted molar refractivity (Wildman–Crippen MR) is 102 cm³/mol. The van der Waals surface area contributed by atoms with Gasteiger partial charge in [-0.15, -0.1) is 0 Å². The number of rotatable bonds is 8. The molecule has 0 radical (unpaired) electrons. The highest BCUT2D eigenvalue weighted by atomic mass is 16.7. The zero-order valence-corrected chi connectivity index (χ0v) is 18.1. The summed E-state index contributed by atoms with van der Waals surface area (Å²) in [6.07, 6.45) is -1.74. The summed E-state index contributed by atoms with van der Waals surface area (Å²) < 4.78 is 26.6. The molecule has 11 heteroatoms. The van der Waals surface area contributed by atoms with Crippen LogP contribution < -0.4 is 5.32 Å². The lowest BCUT2D eigenvalue weighted by atomic mass is 9.82. The molecule has 1 N–H and O–H groups in total. The Labute approximate surface area is 180 Å². The fraction of sp³-hybridized carbons (Fsp3) is 0.750. The van der Waals surface area contributed by atoms with E-state index >= 15 is 0 Å². The number of nitrogens with one attached hydrogen (secondary N) is 1. The molecule has 0 aromatic heterocycles. The molecule has 0 aromatic carbocycles. The highest BCUT2D eigenvalue weighted by Crippen LogP contribution is 2.31. The Bertz CT molecular complexity index is 704. The number of ether oxygens (including phenoxy) is 5. The van der Waals surface area contributed by atoms with E-state index in [1.54, 1.807) is 0 Å². The number of amides is 1. The Balaban J connectivity index is 2.32. The van der Waals surface area contributed by atoms with Crippen molar-refractivity contribution in [2.24, 2.45) is 5.92 Å². The molecule has 1 heterocycles. The molecular formula is C20H29NO10. The SMILES string of the molecule is CC(=O)OC[C@H]1OC(OC(C)=O)[C@H](NC(=O)CC2CCC2)[C@@H](OC(C)=O)[C@H]1OC(C)=O. The molecule has 2 fully saturated rings. The average Bonchev–Trinajstić information content (AvgIpc) is 2.60. The van der Waals surface area contributed by atoms with Crippen molar-refractivity contribution in [2.75, 3.05) is 6.61 Å². The maximum atomic E-state index is 12.6. The highest BCUT2D eigenvalue weighted by molar-refractivity contribution is 5.77. The van der Waals surface area contributed by atoms with Crippen molar-refractivity contribution in [3.63, 3.8) is 0 Å². The molecular weight excluding hydrogens is 414 g/mol. The van der Waals surface area contributed by atoms with Gasteiger partial charge >= 0.3 is 23.9 Å². The quantitative estimate of drug-likeness (QED) is 0.413. The molecule has 1 aliphatic carbocycles. The van der Waals surface area contributed by atoms with Gasteiger partial charge in [-0.3, -0.25) is 24.0 Å². The van der Waals surface area contributed by atoms with E-state index in [0.717, 1.165) is 40.0 Å². The lowest BCUT2D eigenvalue weighted by Crippen LogP contribution is -2.67. The molecule has 1 saturated carbocycles. The number of hydrogen-bond donors (Lipinski definition) is 1. The second-order valence-corrected chi connectivity index (χ2v) is 7.70. The first-order chi connectivity index (χ1) is 14.6. The van der Waals surface area contributed by atoms with E-state index in [-0.39, 0.29) is 24.9 Å². The first kappa shape index (κ1) is 24.6. The summed E-state index contributed by atoms with van der Waals surface area (Å²) in [5, 5.41) is 2.70. The largest absolute Gasteiger partial charge is 0.463 e. The van der Waals surface area contributed by atoms with Crippen LogP contribution in [0.5, 0.6) is 0 Å². The molecule has 0 bridgehead atoms. The third kappa shape index (κ3) is 7.50. The molecule has 174 valence electrons. The summed E-state index contributed by atoms with van der Waals surface area (Å²) in [7, 11) is 0. The number of hydrogen-bond acceptors (Lipinski definition) is 10. The van der Waals surface area contributed by atoms with Crippen LogP contribution in [0.15, 0.2) is 0 Å². The standard InChI is InChI=1S/C20H29NO10/c1-10(22)27-9-15-18(28-11(2)23)19(29-12(3)24)17(20(31-15)30-13(4)25)21-16(26)8-14-6-5-7-14/h14-15,17-20H,5-9H2,1-4H3,(H,21,26)/t15-,17-,18+,19-,20?/m1/s1. The maximum absolute atomic E-state index is 12.6. The first-order valence-corrected chi connectivity index (χ1v) is 10.2. The molecule has 1 aliphatic heterocycles. The Morgan fingerprint density at radius 3 is 1.90 bits per heavy atom. The highest BCUT2D eigenvalue weighted by Gasteiger charge is 2.52. The zero-order chi connectivity index (χ0) is 23.1. The fourth-order valence-electron chi connectivity index (χ4n) is 3.52. The number of carbonyl (C=O) groups excluding carboxylic acids is 5. The van der Waals surface area contributed by atoms with Crippen LogP contribution in [0, 0.1) is 5.92 Å². The third-order valence-corrected chi connectivity index (χ3v) is 5.01.